The number of aryl methyl sites for hydroxylation is 1. The van der Waals surface area contributed by atoms with E-state index in [0.29, 0.717) is 6.04 Å². The van der Waals surface area contributed by atoms with Crippen LogP contribution in [0.15, 0.2) is 6.20 Å². The predicted octanol–water partition coefficient (Wildman–Crippen LogP) is 2.58. The number of nitrogens with two attached hydrogens (primary N) is 1. The molecule has 0 saturated carbocycles. The van der Waals surface area contributed by atoms with E-state index in [2.05, 4.69) is 23.0 Å². The molecule has 1 aliphatic heterocycles. The maximum Gasteiger partial charge on any atom is 0.110 e. The lowest BCUT2D eigenvalue weighted by Gasteiger charge is -2.33. The van der Waals surface area contributed by atoms with Crippen LogP contribution in [-0.4, -0.2) is 29.5 Å². The number of thiazole rings is 1. The summed E-state index contributed by atoms with van der Waals surface area (Å²) in [6.07, 6.45) is 8.18. The number of aromatic nitrogens is 1. The summed E-state index contributed by atoms with van der Waals surface area (Å²) in [4.78, 5) is 8.59. The molecule has 1 aromatic rings. The molecule has 2 N–H and O–H groups in total. The van der Waals surface area contributed by atoms with E-state index in [1.165, 1.54) is 35.7 Å². The molecule has 3 nitrogen and oxygen atoms in total. The van der Waals surface area contributed by atoms with E-state index in [9.17, 15) is 0 Å². The molecular weight excluding hydrogens is 230 g/mol. The molecule has 0 bridgehead atoms. The Balaban J connectivity index is 2.02. The third-order valence-corrected chi connectivity index (χ3v) is 4.66. The SMILES string of the molecule is CCN1CCCCC1c1ncc(CCCN)s1. The normalized spacial score (nSPS) is 21.9. The third-order valence-electron chi connectivity index (χ3n) is 3.50. The molecular formula is C13H23N3S. The van der Waals surface area contributed by atoms with E-state index in [1.54, 1.807) is 0 Å². The molecule has 0 spiro atoms. The van der Waals surface area contributed by atoms with E-state index in [-0.39, 0.29) is 0 Å². The molecule has 96 valence electrons. The zero-order valence-corrected chi connectivity index (χ0v) is 11.5. The van der Waals surface area contributed by atoms with Crippen LogP contribution in [0, 0.1) is 0 Å². The minimum absolute atomic E-state index is 0.574. The molecule has 4 heteroatoms. The van der Waals surface area contributed by atoms with Gasteiger partial charge in [0.2, 0.25) is 0 Å². The van der Waals surface area contributed by atoms with Gasteiger partial charge in [0.05, 0.1) is 6.04 Å². The fourth-order valence-electron chi connectivity index (χ4n) is 2.52. The molecule has 0 aromatic carbocycles. The largest absolute Gasteiger partial charge is 0.330 e. The van der Waals surface area contributed by atoms with Gasteiger partial charge in [0, 0.05) is 11.1 Å². The highest BCUT2D eigenvalue weighted by Crippen LogP contribution is 2.33. The second kappa shape index (κ2) is 6.47. The molecule has 1 aromatic heterocycles. The maximum absolute atomic E-state index is 5.55. The van der Waals surface area contributed by atoms with Gasteiger partial charge in [-0.15, -0.1) is 11.3 Å². The first-order valence-electron chi connectivity index (χ1n) is 6.74. The van der Waals surface area contributed by atoms with Crippen LogP contribution >= 0.6 is 11.3 Å². The van der Waals surface area contributed by atoms with Crippen molar-refractivity contribution in [1.29, 1.82) is 0 Å². The van der Waals surface area contributed by atoms with E-state index in [1.807, 2.05) is 11.3 Å². The Bertz CT molecular complexity index is 337. The minimum atomic E-state index is 0.574. The summed E-state index contributed by atoms with van der Waals surface area (Å²) in [7, 11) is 0. The zero-order chi connectivity index (χ0) is 12.1. The molecule has 0 amide bonds. The van der Waals surface area contributed by atoms with Gasteiger partial charge in [0.15, 0.2) is 0 Å². The van der Waals surface area contributed by atoms with Crippen molar-refractivity contribution in [2.24, 2.45) is 5.73 Å². The summed E-state index contributed by atoms with van der Waals surface area (Å²) < 4.78 is 0. The second-order valence-electron chi connectivity index (χ2n) is 4.70. The molecule has 1 saturated heterocycles. The minimum Gasteiger partial charge on any atom is -0.330 e. The monoisotopic (exact) mass is 253 g/mol. The van der Waals surface area contributed by atoms with Crippen LogP contribution in [0.4, 0.5) is 0 Å². The Morgan fingerprint density at radius 3 is 3.18 bits per heavy atom. The summed E-state index contributed by atoms with van der Waals surface area (Å²) in [5, 5.41) is 1.32. The highest BCUT2D eigenvalue weighted by Gasteiger charge is 2.24. The Morgan fingerprint density at radius 1 is 1.53 bits per heavy atom. The highest BCUT2D eigenvalue weighted by molar-refractivity contribution is 7.11. The molecule has 1 aliphatic rings. The van der Waals surface area contributed by atoms with Crippen LogP contribution in [0.3, 0.4) is 0 Å². The number of hydrogen-bond donors (Lipinski definition) is 1. The van der Waals surface area contributed by atoms with Crippen LogP contribution < -0.4 is 5.73 Å². The number of rotatable bonds is 5. The fourth-order valence-corrected chi connectivity index (χ4v) is 3.65. The van der Waals surface area contributed by atoms with Crippen LogP contribution in [0.2, 0.25) is 0 Å². The van der Waals surface area contributed by atoms with Crippen molar-refractivity contribution in [1.82, 2.24) is 9.88 Å². The van der Waals surface area contributed by atoms with Gasteiger partial charge in [-0.1, -0.05) is 13.3 Å². The molecule has 2 rings (SSSR count). The van der Waals surface area contributed by atoms with Crippen molar-refractivity contribution in [3.05, 3.63) is 16.1 Å². The molecule has 1 unspecified atom stereocenters. The van der Waals surface area contributed by atoms with Gasteiger partial charge in [-0.2, -0.15) is 0 Å². The topological polar surface area (TPSA) is 42.2 Å². The molecule has 17 heavy (non-hydrogen) atoms. The lowest BCUT2D eigenvalue weighted by Crippen LogP contribution is -2.32. The average Bonchev–Trinajstić information content (AvgIpc) is 2.85. The summed E-state index contributed by atoms with van der Waals surface area (Å²) in [5.41, 5.74) is 5.55. The lowest BCUT2D eigenvalue weighted by atomic mass is 10.0. The summed E-state index contributed by atoms with van der Waals surface area (Å²) in [6.45, 7) is 5.40. The maximum atomic E-state index is 5.55. The average molecular weight is 253 g/mol. The first-order chi connectivity index (χ1) is 8.35. The van der Waals surface area contributed by atoms with E-state index in [0.717, 1.165) is 25.9 Å². The quantitative estimate of drug-likeness (QED) is 0.877. The van der Waals surface area contributed by atoms with Crippen molar-refractivity contribution in [2.75, 3.05) is 19.6 Å². The van der Waals surface area contributed by atoms with Crippen molar-refractivity contribution in [3.63, 3.8) is 0 Å². The summed E-state index contributed by atoms with van der Waals surface area (Å²) >= 11 is 1.89. The van der Waals surface area contributed by atoms with Gasteiger partial charge in [0.25, 0.3) is 0 Å². The molecule has 0 aliphatic carbocycles. The second-order valence-corrected chi connectivity index (χ2v) is 5.84. The molecule has 1 atom stereocenters. The fraction of sp³-hybridized carbons (Fsp3) is 0.769. The van der Waals surface area contributed by atoms with Crippen LogP contribution in [0.5, 0.6) is 0 Å². The van der Waals surface area contributed by atoms with E-state index in [4.69, 9.17) is 5.73 Å². The summed E-state index contributed by atoms with van der Waals surface area (Å²) in [5.74, 6) is 0. The van der Waals surface area contributed by atoms with Gasteiger partial charge in [-0.05, 0) is 45.3 Å². The number of piperidine rings is 1. The Kier molecular flexibility index (Phi) is 4.95. The van der Waals surface area contributed by atoms with Crippen LogP contribution in [0.1, 0.15) is 48.5 Å². The van der Waals surface area contributed by atoms with Gasteiger partial charge < -0.3 is 5.73 Å². The zero-order valence-electron chi connectivity index (χ0n) is 10.7. The number of likely N-dealkylation sites (tertiary alicyclic amines) is 1. The smallest absolute Gasteiger partial charge is 0.110 e. The van der Waals surface area contributed by atoms with E-state index >= 15 is 0 Å². The molecule has 0 radical (unpaired) electrons. The van der Waals surface area contributed by atoms with Crippen LogP contribution in [0.25, 0.3) is 0 Å². The Labute approximate surface area is 108 Å². The van der Waals surface area contributed by atoms with Crippen LogP contribution in [-0.2, 0) is 6.42 Å². The van der Waals surface area contributed by atoms with Crippen molar-refractivity contribution >= 4 is 11.3 Å². The van der Waals surface area contributed by atoms with Crippen molar-refractivity contribution in [2.45, 2.75) is 45.1 Å². The van der Waals surface area contributed by atoms with Gasteiger partial charge in [0.1, 0.15) is 5.01 Å². The summed E-state index contributed by atoms with van der Waals surface area (Å²) in [6, 6.07) is 0.574. The Morgan fingerprint density at radius 2 is 2.41 bits per heavy atom. The van der Waals surface area contributed by atoms with E-state index < -0.39 is 0 Å². The third kappa shape index (κ3) is 3.27. The molecule has 2 heterocycles. The standard InChI is InChI=1S/C13H23N3S/c1-2-16-9-4-3-7-12(16)13-15-10-11(17-13)6-5-8-14/h10,12H,2-9,14H2,1H3. The Hall–Kier alpha value is -0.450. The molecule has 1 fully saturated rings. The lowest BCUT2D eigenvalue weighted by molar-refractivity contribution is 0.157. The van der Waals surface area contributed by atoms with Gasteiger partial charge >= 0.3 is 0 Å². The number of nitrogens with zero attached hydrogens (tertiary/aromatic N) is 2. The highest BCUT2D eigenvalue weighted by atomic mass is 32.1. The predicted molar refractivity (Wildman–Crippen MR) is 73.3 cm³/mol. The van der Waals surface area contributed by atoms with Crippen molar-refractivity contribution in [3.8, 4) is 0 Å². The number of hydrogen-bond acceptors (Lipinski definition) is 4. The van der Waals surface area contributed by atoms with Gasteiger partial charge in [-0.25, -0.2) is 4.98 Å². The van der Waals surface area contributed by atoms with Crippen molar-refractivity contribution < 1.29 is 0 Å². The first kappa shape index (κ1) is 13.0. The van der Waals surface area contributed by atoms with Gasteiger partial charge in [-0.3, -0.25) is 4.90 Å². The first-order valence-corrected chi connectivity index (χ1v) is 7.55.